The smallest absolute Gasteiger partial charge is 0.242 e. The SMILES string of the molecule is CC(=O)c1ccc(S(=O)(=O)N(C)CCCC(=O)Nc2cccc(Cl)c2C)cc1. The minimum absolute atomic E-state index is 0.110. The molecule has 0 saturated heterocycles. The quantitative estimate of drug-likeness (QED) is 0.654. The largest absolute Gasteiger partial charge is 0.326 e. The van der Waals surface area contributed by atoms with E-state index >= 15 is 0 Å². The maximum absolute atomic E-state index is 12.6. The molecule has 28 heavy (non-hydrogen) atoms. The lowest BCUT2D eigenvalue weighted by Crippen LogP contribution is -2.28. The molecule has 0 radical (unpaired) electrons. The van der Waals surface area contributed by atoms with Gasteiger partial charge in [-0.2, -0.15) is 0 Å². The number of carbonyl (C=O) groups is 2. The van der Waals surface area contributed by atoms with E-state index in [1.807, 2.05) is 6.92 Å². The second kappa shape index (κ2) is 9.32. The Hall–Kier alpha value is -2.22. The molecule has 0 fully saturated rings. The van der Waals surface area contributed by atoms with E-state index in [1.165, 1.54) is 42.5 Å². The average molecular weight is 423 g/mol. The van der Waals surface area contributed by atoms with Gasteiger partial charge in [0.25, 0.3) is 0 Å². The van der Waals surface area contributed by atoms with E-state index in [-0.39, 0.29) is 29.6 Å². The Kier molecular flexibility index (Phi) is 7.35. The van der Waals surface area contributed by atoms with E-state index in [1.54, 1.807) is 18.2 Å². The van der Waals surface area contributed by atoms with Crippen LogP contribution in [0.15, 0.2) is 47.4 Å². The van der Waals surface area contributed by atoms with E-state index < -0.39 is 10.0 Å². The first-order chi connectivity index (χ1) is 13.1. The second-order valence-corrected chi connectivity index (χ2v) is 8.92. The minimum Gasteiger partial charge on any atom is -0.326 e. The van der Waals surface area contributed by atoms with Crippen LogP contribution in [0.25, 0.3) is 0 Å². The fourth-order valence-corrected chi connectivity index (χ4v) is 3.96. The number of halogens is 1. The number of Topliss-reactive ketones (excluding diaryl/α,β-unsaturated/α-hetero) is 1. The topological polar surface area (TPSA) is 83.6 Å². The molecule has 1 amide bonds. The van der Waals surface area contributed by atoms with Crippen molar-refractivity contribution in [3.05, 3.63) is 58.6 Å². The van der Waals surface area contributed by atoms with Gasteiger partial charge in [0.15, 0.2) is 5.78 Å². The van der Waals surface area contributed by atoms with Crippen molar-refractivity contribution >= 4 is 39.0 Å². The Bertz CT molecular complexity index is 972. The van der Waals surface area contributed by atoms with Crippen LogP contribution in [0.4, 0.5) is 5.69 Å². The molecule has 2 rings (SSSR count). The zero-order valence-corrected chi connectivity index (χ0v) is 17.6. The number of rotatable bonds is 8. The van der Waals surface area contributed by atoms with E-state index in [0.717, 1.165) is 5.56 Å². The van der Waals surface area contributed by atoms with E-state index in [2.05, 4.69) is 5.32 Å². The van der Waals surface area contributed by atoms with Crippen LogP contribution in [0.3, 0.4) is 0 Å². The number of anilines is 1. The number of nitrogens with one attached hydrogen (secondary N) is 1. The molecule has 2 aromatic rings. The number of hydrogen-bond acceptors (Lipinski definition) is 4. The highest BCUT2D eigenvalue weighted by Crippen LogP contribution is 2.23. The number of amides is 1. The van der Waals surface area contributed by atoms with E-state index in [9.17, 15) is 18.0 Å². The molecule has 0 bridgehead atoms. The number of carbonyl (C=O) groups excluding carboxylic acids is 2. The van der Waals surface area contributed by atoms with Crippen molar-refractivity contribution < 1.29 is 18.0 Å². The molecule has 0 aliphatic heterocycles. The van der Waals surface area contributed by atoms with Crippen LogP contribution in [0.2, 0.25) is 5.02 Å². The van der Waals surface area contributed by atoms with Gasteiger partial charge in [0.1, 0.15) is 0 Å². The molecule has 0 spiro atoms. The maximum atomic E-state index is 12.6. The van der Waals surface area contributed by atoms with Crippen LogP contribution in [0, 0.1) is 6.92 Å². The summed E-state index contributed by atoms with van der Waals surface area (Å²) in [6, 6.07) is 11.1. The van der Waals surface area contributed by atoms with Crippen molar-refractivity contribution in [2.45, 2.75) is 31.6 Å². The molecule has 2 aromatic carbocycles. The maximum Gasteiger partial charge on any atom is 0.242 e. The molecular formula is C20H23ClN2O4S. The summed E-state index contributed by atoms with van der Waals surface area (Å²) >= 11 is 6.04. The highest BCUT2D eigenvalue weighted by atomic mass is 35.5. The predicted octanol–water partition coefficient (Wildman–Crippen LogP) is 3.89. The third-order valence-electron chi connectivity index (χ3n) is 4.39. The third kappa shape index (κ3) is 5.41. The van der Waals surface area contributed by atoms with Crippen LogP contribution in [0.1, 0.15) is 35.7 Å². The Morgan fingerprint density at radius 1 is 1.11 bits per heavy atom. The summed E-state index contributed by atoms with van der Waals surface area (Å²) in [4.78, 5) is 23.5. The first kappa shape index (κ1) is 22.1. The summed E-state index contributed by atoms with van der Waals surface area (Å²) in [6.07, 6.45) is 0.543. The lowest BCUT2D eigenvalue weighted by molar-refractivity contribution is -0.116. The molecule has 0 aromatic heterocycles. The standard InChI is InChI=1S/C20H23ClN2O4S/c1-14-18(21)6-4-7-19(14)22-20(25)8-5-13-23(3)28(26,27)17-11-9-16(10-12-17)15(2)24/h4,6-7,9-12H,5,8,13H2,1-3H3,(H,22,25). The molecule has 150 valence electrons. The molecule has 0 aliphatic rings. The predicted molar refractivity (Wildman–Crippen MR) is 110 cm³/mol. The molecular weight excluding hydrogens is 400 g/mol. The summed E-state index contributed by atoms with van der Waals surface area (Å²) < 4.78 is 26.4. The van der Waals surface area contributed by atoms with Gasteiger partial charge in [-0.3, -0.25) is 9.59 Å². The van der Waals surface area contributed by atoms with Gasteiger partial charge < -0.3 is 5.32 Å². The first-order valence-corrected chi connectivity index (χ1v) is 10.6. The molecule has 1 N–H and O–H groups in total. The fraction of sp³-hybridized carbons (Fsp3) is 0.300. The highest BCUT2D eigenvalue weighted by molar-refractivity contribution is 7.89. The number of benzene rings is 2. The third-order valence-corrected chi connectivity index (χ3v) is 6.67. The normalized spacial score (nSPS) is 11.5. The van der Waals surface area contributed by atoms with Crippen molar-refractivity contribution in [2.24, 2.45) is 0 Å². The fourth-order valence-electron chi connectivity index (χ4n) is 2.58. The molecule has 0 aliphatic carbocycles. The van der Waals surface area contributed by atoms with Crippen LogP contribution in [0.5, 0.6) is 0 Å². The summed E-state index contributed by atoms with van der Waals surface area (Å²) in [7, 11) is -2.21. The number of hydrogen-bond donors (Lipinski definition) is 1. The highest BCUT2D eigenvalue weighted by Gasteiger charge is 2.21. The van der Waals surface area contributed by atoms with Gasteiger partial charge >= 0.3 is 0 Å². The Morgan fingerprint density at radius 2 is 1.75 bits per heavy atom. The molecule has 0 atom stereocenters. The first-order valence-electron chi connectivity index (χ1n) is 8.75. The van der Waals surface area contributed by atoms with Crippen LogP contribution in [-0.2, 0) is 14.8 Å². The van der Waals surface area contributed by atoms with E-state index in [4.69, 9.17) is 11.6 Å². The van der Waals surface area contributed by atoms with Crippen LogP contribution < -0.4 is 5.32 Å². The number of nitrogens with zero attached hydrogens (tertiary/aromatic N) is 1. The molecule has 6 nitrogen and oxygen atoms in total. The number of ketones is 1. The van der Waals surface area contributed by atoms with Gasteiger partial charge in [0.2, 0.25) is 15.9 Å². The summed E-state index contributed by atoms with van der Waals surface area (Å²) in [5.74, 6) is -0.333. The van der Waals surface area contributed by atoms with Gasteiger partial charge in [-0.05, 0) is 50.1 Å². The molecule has 0 unspecified atom stereocenters. The zero-order valence-electron chi connectivity index (χ0n) is 16.0. The van der Waals surface area contributed by atoms with Gasteiger partial charge in [-0.1, -0.05) is 29.8 Å². The van der Waals surface area contributed by atoms with Crippen molar-refractivity contribution in [3.8, 4) is 0 Å². The monoisotopic (exact) mass is 422 g/mol. The Morgan fingerprint density at radius 3 is 2.36 bits per heavy atom. The van der Waals surface area contributed by atoms with Gasteiger partial charge in [0, 0.05) is 36.3 Å². The van der Waals surface area contributed by atoms with Crippen molar-refractivity contribution in [1.29, 1.82) is 0 Å². The Balaban J connectivity index is 1.91. The van der Waals surface area contributed by atoms with Gasteiger partial charge in [0.05, 0.1) is 4.90 Å². The molecule has 0 saturated carbocycles. The summed E-state index contributed by atoms with van der Waals surface area (Å²) in [5.41, 5.74) is 1.88. The second-order valence-electron chi connectivity index (χ2n) is 6.47. The van der Waals surface area contributed by atoms with Crippen molar-refractivity contribution in [1.82, 2.24) is 4.31 Å². The van der Waals surface area contributed by atoms with Crippen molar-refractivity contribution in [3.63, 3.8) is 0 Å². The lowest BCUT2D eigenvalue weighted by Gasteiger charge is -2.17. The zero-order chi connectivity index (χ0) is 20.9. The van der Waals surface area contributed by atoms with E-state index in [0.29, 0.717) is 22.7 Å². The van der Waals surface area contributed by atoms with Crippen LogP contribution in [-0.4, -0.2) is 38.0 Å². The van der Waals surface area contributed by atoms with Crippen molar-refractivity contribution in [2.75, 3.05) is 18.9 Å². The lowest BCUT2D eigenvalue weighted by atomic mass is 10.2. The van der Waals surface area contributed by atoms with Crippen LogP contribution >= 0.6 is 11.6 Å². The summed E-state index contributed by atoms with van der Waals surface area (Å²) in [6.45, 7) is 3.43. The minimum atomic E-state index is -3.68. The van der Waals surface area contributed by atoms with Gasteiger partial charge in [-0.15, -0.1) is 0 Å². The Labute approximate surface area is 170 Å². The molecule has 0 heterocycles. The average Bonchev–Trinajstić information content (AvgIpc) is 2.65. The van der Waals surface area contributed by atoms with Gasteiger partial charge in [-0.25, -0.2) is 12.7 Å². The molecule has 8 heteroatoms. The summed E-state index contributed by atoms with van der Waals surface area (Å²) in [5, 5.41) is 3.36. The number of sulfonamides is 1.